The third-order valence-electron chi connectivity index (χ3n) is 2.68. The zero-order chi connectivity index (χ0) is 13.7. The SMILES string of the molecule is COC(=O)c1ccccc1-c1ccccc1OC=O. The zero-order valence-electron chi connectivity index (χ0n) is 10.3. The molecule has 0 saturated heterocycles. The van der Waals surface area contributed by atoms with E-state index in [2.05, 4.69) is 0 Å². The highest BCUT2D eigenvalue weighted by Gasteiger charge is 2.15. The minimum absolute atomic E-state index is 0.361. The van der Waals surface area contributed by atoms with Crippen molar-refractivity contribution in [2.75, 3.05) is 7.11 Å². The van der Waals surface area contributed by atoms with E-state index in [0.717, 1.165) is 0 Å². The Bertz CT molecular complexity index is 605. The van der Waals surface area contributed by atoms with Crippen molar-refractivity contribution in [2.45, 2.75) is 0 Å². The molecular weight excluding hydrogens is 244 g/mol. The average molecular weight is 256 g/mol. The Morgan fingerprint density at radius 2 is 1.63 bits per heavy atom. The van der Waals surface area contributed by atoms with Crippen LogP contribution in [0.15, 0.2) is 48.5 Å². The lowest BCUT2D eigenvalue weighted by molar-refractivity contribution is -0.120. The first-order valence-corrected chi connectivity index (χ1v) is 5.65. The second-order valence-electron chi connectivity index (χ2n) is 3.75. The zero-order valence-corrected chi connectivity index (χ0v) is 10.3. The van der Waals surface area contributed by atoms with E-state index < -0.39 is 5.97 Å². The van der Waals surface area contributed by atoms with Crippen LogP contribution in [-0.2, 0) is 9.53 Å². The maximum absolute atomic E-state index is 11.7. The Morgan fingerprint density at radius 3 is 2.32 bits per heavy atom. The molecule has 0 amide bonds. The molecule has 0 atom stereocenters. The molecule has 19 heavy (non-hydrogen) atoms. The number of carbonyl (C=O) groups is 2. The summed E-state index contributed by atoms with van der Waals surface area (Å²) in [6.07, 6.45) is 0. The van der Waals surface area contributed by atoms with Crippen LogP contribution in [0.5, 0.6) is 5.75 Å². The standard InChI is InChI=1S/C15H12O4/c1-18-15(17)13-8-3-2-6-11(13)12-7-4-5-9-14(12)19-10-16/h2-10H,1H3. The molecule has 0 aliphatic rings. The van der Waals surface area contributed by atoms with Crippen LogP contribution in [0, 0.1) is 0 Å². The van der Waals surface area contributed by atoms with Gasteiger partial charge in [0.1, 0.15) is 5.75 Å². The predicted octanol–water partition coefficient (Wildman–Crippen LogP) is 2.68. The van der Waals surface area contributed by atoms with E-state index in [9.17, 15) is 9.59 Å². The Labute approximate surface area is 110 Å². The van der Waals surface area contributed by atoms with Crippen LogP contribution in [-0.4, -0.2) is 19.6 Å². The number of esters is 1. The van der Waals surface area contributed by atoms with E-state index in [-0.39, 0.29) is 0 Å². The molecule has 0 N–H and O–H groups in total. The van der Waals surface area contributed by atoms with Crippen molar-refractivity contribution in [1.82, 2.24) is 0 Å². The number of ether oxygens (including phenoxy) is 2. The molecule has 0 heterocycles. The largest absolute Gasteiger partial charge is 0.465 e. The molecule has 0 radical (unpaired) electrons. The van der Waals surface area contributed by atoms with Gasteiger partial charge in [0.25, 0.3) is 6.47 Å². The number of hydrogen-bond donors (Lipinski definition) is 0. The van der Waals surface area contributed by atoms with Crippen LogP contribution in [0.4, 0.5) is 0 Å². The van der Waals surface area contributed by atoms with E-state index in [1.807, 2.05) is 0 Å². The topological polar surface area (TPSA) is 52.6 Å². The summed E-state index contributed by atoms with van der Waals surface area (Å²) >= 11 is 0. The molecule has 96 valence electrons. The van der Waals surface area contributed by atoms with Crippen LogP contribution >= 0.6 is 0 Å². The summed E-state index contributed by atoms with van der Waals surface area (Å²) in [5.74, 6) is -0.0367. The van der Waals surface area contributed by atoms with Gasteiger partial charge in [-0.15, -0.1) is 0 Å². The number of benzene rings is 2. The molecule has 0 spiro atoms. The fraction of sp³-hybridized carbons (Fsp3) is 0.0667. The summed E-state index contributed by atoms with van der Waals surface area (Å²) in [5, 5.41) is 0. The first kappa shape index (κ1) is 12.8. The number of hydrogen-bond acceptors (Lipinski definition) is 4. The van der Waals surface area contributed by atoms with Crippen LogP contribution in [0.25, 0.3) is 11.1 Å². The lowest BCUT2D eigenvalue weighted by atomic mass is 9.99. The summed E-state index contributed by atoms with van der Waals surface area (Å²) in [4.78, 5) is 22.3. The Balaban J connectivity index is 2.59. The molecule has 2 aromatic carbocycles. The van der Waals surface area contributed by atoms with Crippen molar-refractivity contribution in [2.24, 2.45) is 0 Å². The first-order valence-electron chi connectivity index (χ1n) is 5.65. The van der Waals surface area contributed by atoms with Gasteiger partial charge >= 0.3 is 5.97 Å². The summed E-state index contributed by atoms with van der Waals surface area (Å²) in [6, 6.07) is 14.0. The van der Waals surface area contributed by atoms with Gasteiger partial charge in [0, 0.05) is 5.56 Å². The second-order valence-corrected chi connectivity index (χ2v) is 3.75. The van der Waals surface area contributed by atoms with Gasteiger partial charge < -0.3 is 9.47 Å². The van der Waals surface area contributed by atoms with Crippen molar-refractivity contribution < 1.29 is 19.1 Å². The first-order chi connectivity index (χ1) is 9.27. The molecule has 0 fully saturated rings. The number of rotatable bonds is 4. The predicted molar refractivity (Wildman–Crippen MR) is 69.9 cm³/mol. The lowest BCUT2D eigenvalue weighted by Gasteiger charge is -2.10. The van der Waals surface area contributed by atoms with Crippen LogP contribution in [0.3, 0.4) is 0 Å². The van der Waals surface area contributed by atoms with Gasteiger partial charge in [0.15, 0.2) is 0 Å². The maximum atomic E-state index is 11.7. The van der Waals surface area contributed by atoms with E-state index in [0.29, 0.717) is 28.9 Å². The molecule has 0 unspecified atom stereocenters. The quantitative estimate of drug-likeness (QED) is 0.623. The Morgan fingerprint density at radius 1 is 1.00 bits per heavy atom. The van der Waals surface area contributed by atoms with E-state index in [4.69, 9.17) is 9.47 Å². The van der Waals surface area contributed by atoms with Crippen molar-refractivity contribution in [1.29, 1.82) is 0 Å². The van der Waals surface area contributed by atoms with Crippen molar-refractivity contribution in [3.8, 4) is 16.9 Å². The summed E-state index contributed by atoms with van der Waals surface area (Å²) in [5.41, 5.74) is 1.74. The van der Waals surface area contributed by atoms with Crippen molar-refractivity contribution >= 4 is 12.4 Å². The van der Waals surface area contributed by atoms with Crippen molar-refractivity contribution in [3.05, 3.63) is 54.1 Å². The number of carbonyl (C=O) groups excluding carboxylic acids is 2. The van der Waals surface area contributed by atoms with Gasteiger partial charge in [-0.05, 0) is 17.7 Å². The van der Waals surface area contributed by atoms with Crippen molar-refractivity contribution in [3.63, 3.8) is 0 Å². The lowest BCUT2D eigenvalue weighted by Crippen LogP contribution is -2.04. The van der Waals surface area contributed by atoms with Gasteiger partial charge in [0.05, 0.1) is 12.7 Å². The highest BCUT2D eigenvalue weighted by molar-refractivity contribution is 5.98. The fourth-order valence-electron chi connectivity index (χ4n) is 1.85. The molecule has 0 bridgehead atoms. The average Bonchev–Trinajstić information content (AvgIpc) is 2.47. The summed E-state index contributed by atoms with van der Waals surface area (Å²) in [6.45, 7) is 0.361. The Kier molecular flexibility index (Phi) is 3.93. The smallest absolute Gasteiger partial charge is 0.338 e. The molecule has 2 rings (SSSR count). The molecule has 0 aliphatic carbocycles. The molecule has 0 aromatic heterocycles. The molecule has 0 aliphatic heterocycles. The number of para-hydroxylation sites is 1. The minimum atomic E-state index is -0.434. The highest BCUT2D eigenvalue weighted by Crippen LogP contribution is 2.32. The summed E-state index contributed by atoms with van der Waals surface area (Å²) in [7, 11) is 1.33. The molecule has 4 nitrogen and oxygen atoms in total. The van der Waals surface area contributed by atoms with Crippen LogP contribution in [0.2, 0.25) is 0 Å². The van der Waals surface area contributed by atoms with Gasteiger partial charge in [-0.25, -0.2) is 4.79 Å². The molecular formula is C15H12O4. The summed E-state index contributed by atoms with van der Waals surface area (Å²) < 4.78 is 9.68. The van der Waals surface area contributed by atoms with Crippen LogP contribution in [0.1, 0.15) is 10.4 Å². The highest BCUT2D eigenvalue weighted by atomic mass is 16.5. The monoisotopic (exact) mass is 256 g/mol. The third-order valence-corrected chi connectivity index (χ3v) is 2.68. The van der Waals surface area contributed by atoms with E-state index in [1.165, 1.54) is 7.11 Å². The normalized spacial score (nSPS) is 9.74. The van der Waals surface area contributed by atoms with Gasteiger partial charge in [-0.2, -0.15) is 0 Å². The third kappa shape index (κ3) is 2.63. The maximum Gasteiger partial charge on any atom is 0.338 e. The Hall–Kier alpha value is -2.62. The van der Waals surface area contributed by atoms with Crippen LogP contribution < -0.4 is 4.74 Å². The van der Waals surface area contributed by atoms with E-state index >= 15 is 0 Å². The van der Waals surface area contributed by atoms with Gasteiger partial charge in [-0.1, -0.05) is 36.4 Å². The molecule has 0 saturated carbocycles. The second kappa shape index (κ2) is 5.82. The number of methoxy groups -OCH3 is 1. The molecule has 2 aromatic rings. The fourth-order valence-corrected chi connectivity index (χ4v) is 1.85. The van der Waals surface area contributed by atoms with E-state index in [1.54, 1.807) is 48.5 Å². The molecule has 4 heteroatoms. The van der Waals surface area contributed by atoms with Gasteiger partial charge in [0.2, 0.25) is 0 Å². The minimum Gasteiger partial charge on any atom is -0.465 e. The van der Waals surface area contributed by atoms with Gasteiger partial charge in [-0.3, -0.25) is 4.79 Å².